The highest BCUT2D eigenvalue weighted by molar-refractivity contribution is 5.74. The van der Waals surface area contributed by atoms with Gasteiger partial charge in [0.2, 0.25) is 0 Å². The number of hydrogen-bond donors (Lipinski definition) is 1. The average Bonchev–Trinajstić information content (AvgIpc) is 2.55. The normalized spacial score (nSPS) is 17.1. The van der Waals surface area contributed by atoms with Gasteiger partial charge in [-0.3, -0.25) is 9.88 Å². The molecule has 2 rings (SSSR count). The van der Waals surface area contributed by atoms with Crippen LogP contribution in [0.5, 0.6) is 0 Å². The van der Waals surface area contributed by atoms with E-state index in [0.29, 0.717) is 0 Å². The number of pyridine rings is 1. The van der Waals surface area contributed by atoms with Crippen molar-refractivity contribution < 1.29 is 9.53 Å². The quantitative estimate of drug-likeness (QED) is 0.858. The molecule has 2 amide bonds. The predicted octanol–water partition coefficient (Wildman–Crippen LogP) is 1.29. The number of hydrogen-bond acceptors (Lipinski definition) is 4. The summed E-state index contributed by atoms with van der Waals surface area (Å²) in [6.07, 6.45) is 2.56. The molecule has 6 nitrogen and oxygen atoms in total. The maximum atomic E-state index is 12.4. The Morgan fingerprint density at radius 2 is 2.13 bits per heavy atom. The lowest BCUT2D eigenvalue weighted by atomic mass is 10.1. The number of methoxy groups -OCH3 is 1. The van der Waals surface area contributed by atoms with Crippen LogP contribution < -0.4 is 5.32 Å². The molecule has 0 aliphatic carbocycles. The van der Waals surface area contributed by atoms with E-state index >= 15 is 0 Å². The molecule has 0 radical (unpaired) electrons. The molecule has 128 valence electrons. The van der Waals surface area contributed by atoms with E-state index in [2.05, 4.69) is 28.2 Å². The minimum atomic E-state index is 0.0254. The number of aryl methyl sites for hydroxylation is 1. The summed E-state index contributed by atoms with van der Waals surface area (Å²) in [5.41, 5.74) is 2.21. The molecule has 1 fully saturated rings. The Bertz CT molecular complexity index is 501. The van der Waals surface area contributed by atoms with Crippen LogP contribution in [0.4, 0.5) is 4.79 Å². The van der Waals surface area contributed by atoms with Gasteiger partial charge in [-0.25, -0.2) is 4.79 Å². The van der Waals surface area contributed by atoms with E-state index in [0.717, 1.165) is 51.4 Å². The molecule has 2 heterocycles. The number of carbonyl (C=O) groups is 1. The first kappa shape index (κ1) is 17.7. The number of nitrogens with one attached hydrogen (secondary N) is 1. The van der Waals surface area contributed by atoms with E-state index in [1.165, 1.54) is 5.56 Å². The summed E-state index contributed by atoms with van der Waals surface area (Å²) in [4.78, 5) is 21.0. The number of urea groups is 1. The van der Waals surface area contributed by atoms with Crippen LogP contribution in [0.1, 0.15) is 18.2 Å². The standard InChI is InChI=1S/C17H28N4O2/c1-14-5-4-6-18-16(14)13-15(2)19-17(22)21-9-7-20(8-10-21)11-12-23-3/h4-6,15H,7-13H2,1-3H3,(H,19,22). The Balaban J connectivity index is 1.75. The third-order valence-corrected chi connectivity index (χ3v) is 4.26. The second-order valence-corrected chi connectivity index (χ2v) is 6.14. The molecule has 0 saturated carbocycles. The maximum absolute atomic E-state index is 12.4. The van der Waals surface area contributed by atoms with Gasteiger partial charge in [0.1, 0.15) is 0 Å². The Hall–Kier alpha value is -1.66. The number of ether oxygens (including phenoxy) is 1. The van der Waals surface area contributed by atoms with Gasteiger partial charge < -0.3 is 15.0 Å². The van der Waals surface area contributed by atoms with Crippen LogP contribution in [0.3, 0.4) is 0 Å². The van der Waals surface area contributed by atoms with Crippen molar-refractivity contribution in [2.45, 2.75) is 26.3 Å². The third kappa shape index (κ3) is 5.48. The second kappa shape index (κ2) is 8.84. The monoisotopic (exact) mass is 320 g/mol. The van der Waals surface area contributed by atoms with E-state index < -0.39 is 0 Å². The highest BCUT2D eigenvalue weighted by Crippen LogP contribution is 2.07. The molecule has 1 aromatic rings. The van der Waals surface area contributed by atoms with Crippen LogP contribution in [0, 0.1) is 6.92 Å². The average molecular weight is 320 g/mol. The van der Waals surface area contributed by atoms with Gasteiger partial charge in [0, 0.05) is 64.2 Å². The molecular weight excluding hydrogens is 292 g/mol. The molecule has 1 aliphatic rings. The number of amides is 2. The summed E-state index contributed by atoms with van der Waals surface area (Å²) in [6, 6.07) is 4.08. The fourth-order valence-electron chi connectivity index (χ4n) is 2.77. The molecule has 0 aromatic carbocycles. The van der Waals surface area contributed by atoms with Crippen LogP contribution >= 0.6 is 0 Å². The lowest BCUT2D eigenvalue weighted by molar-refractivity contribution is 0.105. The summed E-state index contributed by atoms with van der Waals surface area (Å²) in [5.74, 6) is 0. The third-order valence-electron chi connectivity index (χ3n) is 4.26. The predicted molar refractivity (Wildman–Crippen MR) is 90.6 cm³/mol. The molecule has 6 heteroatoms. The molecule has 0 spiro atoms. The Morgan fingerprint density at radius 1 is 1.39 bits per heavy atom. The summed E-state index contributed by atoms with van der Waals surface area (Å²) in [5, 5.41) is 3.09. The zero-order valence-electron chi connectivity index (χ0n) is 14.4. The summed E-state index contributed by atoms with van der Waals surface area (Å²) < 4.78 is 5.10. The van der Waals surface area contributed by atoms with Crippen molar-refractivity contribution in [2.75, 3.05) is 46.4 Å². The van der Waals surface area contributed by atoms with Gasteiger partial charge in [-0.15, -0.1) is 0 Å². The molecular formula is C17H28N4O2. The van der Waals surface area contributed by atoms with Gasteiger partial charge in [-0.1, -0.05) is 6.07 Å². The zero-order valence-corrected chi connectivity index (χ0v) is 14.4. The van der Waals surface area contributed by atoms with Gasteiger partial charge in [0.15, 0.2) is 0 Å². The molecule has 23 heavy (non-hydrogen) atoms. The van der Waals surface area contributed by atoms with E-state index in [-0.39, 0.29) is 12.1 Å². The lowest BCUT2D eigenvalue weighted by Crippen LogP contribution is -2.53. The highest BCUT2D eigenvalue weighted by atomic mass is 16.5. The number of carbonyl (C=O) groups excluding carboxylic acids is 1. The van der Waals surface area contributed by atoms with Crippen molar-refractivity contribution in [3.05, 3.63) is 29.6 Å². The van der Waals surface area contributed by atoms with Gasteiger partial charge in [-0.05, 0) is 25.5 Å². The fourth-order valence-corrected chi connectivity index (χ4v) is 2.77. The summed E-state index contributed by atoms with van der Waals surface area (Å²) >= 11 is 0. The first-order valence-electron chi connectivity index (χ1n) is 8.27. The first-order chi connectivity index (χ1) is 11.1. The van der Waals surface area contributed by atoms with Crippen molar-refractivity contribution in [3.8, 4) is 0 Å². The number of nitrogens with zero attached hydrogens (tertiary/aromatic N) is 3. The minimum Gasteiger partial charge on any atom is -0.383 e. The Labute approximate surface area is 138 Å². The fraction of sp³-hybridized carbons (Fsp3) is 0.647. The molecule has 1 atom stereocenters. The van der Waals surface area contributed by atoms with Crippen LogP contribution in [-0.4, -0.2) is 73.3 Å². The van der Waals surface area contributed by atoms with Crippen LogP contribution in [-0.2, 0) is 11.2 Å². The summed E-state index contributed by atoms with van der Waals surface area (Å²) in [7, 11) is 1.72. The van der Waals surface area contributed by atoms with Gasteiger partial charge >= 0.3 is 6.03 Å². The molecule has 1 aromatic heterocycles. The molecule has 1 aliphatic heterocycles. The van der Waals surface area contributed by atoms with Crippen molar-refractivity contribution in [1.82, 2.24) is 20.1 Å². The van der Waals surface area contributed by atoms with E-state index in [4.69, 9.17) is 4.74 Å². The number of aromatic nitrogens is 1. The van der Waals surface area contributed by atoms with E-state index in [1.54, 1.807) is 13.3 Å². The Morgan fingerprint density at radius 3 is 2.78 bits per heavy atom. The smallest absolute Gasteiger partial charge is 0.317 e. The largest absolute Gasteiger partial charge is 0.383 e. The van der Waals surface area contributed by atoms with Gasteiger partial charge in [0.25, 0.3) is 0 Å². The molecule has 1 saturated heterocycles. The lowest BCUT2D eigenvalue weighted by Gasteiger charge is -2.35. The van der Waals surface area contributed by atoms with Gasteiger partial charge in [0.05, 0.1) is 6.61 Å². The van der Waals surface area contributed by atoms with Crippen LogP contribution in [0.2, 0.25) is 0 Å². The minimum absolute atomic E-state index is 0.0254. The summed E-state index contributed by atoms with van der Waals surface area (Å²) in [6.45, 7) is 9.11. The molecule has 0 bridgehead atoms. The number of piperazine rings is 1. The van der Waals surface area contributed by atoms with Crippen molar-refractivity contribution in [3.63, 3.8) is 0 Å². The van der Waals surface area contributed by atoms with Crippen molar-refractivity contribution in [1.29, 1.82) is 0 Å². The van der Waals surface area contributed by atoms with E-state index in [9.17, 15) is 4.79 Å². The zero-order chi connectivity index (χ0) is 16.7. The Kier molecular flexibility index (Phi) is 6.80. The maximum Gasteiger partial charge on any atom is 0.317 e. The SMILES string of the molecule is COCCN1CCN(C(=O)NC(C)Cc2ncccc2C)CC1. The highest BCUT2D eigenvalue weighted by Gasteiger charge is 2.22. The van der Waals surface area contributed by atoms with Crippen LogP contribution in [0.25, 0.3) is 0 Å². The first-order valence-corrected chi connectivity index (χ1v) is 8.27. The van der Waals surface area contributed by atoms with Crippen molar-refractivity contribution >= 4 is 6.03 Å². The topological polar surface area (TPSA) is 57.7 Å². The van der Waals surface area contributed by atoms with Crippen molar-refractivity contribution in [2.24, 2.45) is 0 Å². The van der Waals surface area contributed by atoms with Gasteiger partial charge in [-0.2, -0.15) is 0 Å². The second-order valence-electron chi connectivity index (χ2n) is 6.14. The molecule has 1 unspecified atom stereocenters. The molecule has 1 N–H and O–H groups in total. The van der Waals surface area contributed by atoms with Crippen LogP contribution in [0.15, 0.2) is 18.3 Å². The van der Waals surface area contributed by atoms with E-state index in [1.807, 2.05) is 17.9 Å². The number of rotatable bonds is 6.